The number of hydrogen-bond donors (Lipinski definition) is 0. The molecule has 0 aliphatic carbocycles. The second-order valence-corrected chi connectivity index (χ2v) is 4.83. The van der Waals surface area contributed by atoms with Gasteiger partial charge >= 0.3 is 0 Å². The quantitative estimate of drug-likeness (QED) is 0.679. The molecule has 0 bridgehead atoms. The molecule has 1 fully saturated rings. The van der Waals surface area contributed by atoms with E-state index >= 15 is 0 Å². The normalized spacial score (nSPS) is 18.5. The molecule has 1 rings (SSSR count). The molecule has 0 aromatic heterocycles. The maximum atomic E-state index is 5.76. The molecule has 0 aromatic rings. The highest BCUT2D eigenvalue weighted by atomic mass is 16.5. The van der Waals surface area contributed by atoms with Gasteiger partial charge < -0.3 is 9.64 Å². The summed E-state index contributed by atoms with van der Waals surface area (Å²) in [6, 6.07) is 0. The van der Waals surface area contributed by atoms with Crippen molar-refractivity contribution in [3.05, 3.63) is 0 Å². The number of ether oxygens (including phenoxy) is 1. The number of piperidine rings is 1. The molecule has 0 atom stereocenters. The van der Waals surface area contributed by atoms with E-state index in [4.69, 9.17) is 4.74 Å². The van der Waals surface area contributed by atoms with Crippen LogP contribution in [-0.4, -0.2) is 37.2 Å². The molecule has 0 unspecified atom stereocenters. The van der Waals surface area contributed by atoms with E-state index in [0.717, 1.165) is 0 Å². The Morgan fingerprint density at radius 2 is 2.00 bits per heavy atom. The molecule has 0 spiro atoms. The maximum absolute atomic E-state index is 5.76. The number of rotatable bonds is 4. The van der Waals surface area contributed by atoms with E-state index in [1.807, 2.05) is 0 Å². The van der Waals surface area contributed by atoms with Gasteiger partial charge in [0.05, 0.1) is 6.10 Å². The fourth-order valence-corrected chi connectivity index (χ4v) is 2.02. The average molecular weight is 223 g/mol. The van der Waals surface area contributed by atoms with Gasteiger partial charge in [0.2, 0.25) is 0 Å². The predicted molar refractivity (Wildman–Crippen MR) is 68.3 cm³/mol. The van der Waals surface area contributed by atoms with E-state index < -0.39 is 0 Å². The molecule has 1 heterocycles. The van der Waals surface area contributed by atoms with Gasteiger partial charge in [0, 0.05) is 19.0 Å². The van der Waals surface area contributed by atoms with Gasteiger partial charge in [0.15, 0.2) is 0 Å². The zero-order valence-electron chi connectivity index (χ0n) is 11.0. The van der Waals surface area contributed by atoms with Crippen molar-refractivity contribution in [3.63, 3.8) is 0 Å². The molecule has 0 radical (unpaired) electrons. The van der Waals surface area contributed by atoms with E-state index in [0.29, 0.717) is 18.6 Å². The summed E-state index contributed by atoms with van der Waals surface area (Å²) in [5.74, 6) is 6.67. The molecule has 0 saturated carbocycles. The van der Waals surface area contributed by atoms with Crippen LogP contribution in [0.1, 0.15) is 40.0 Å². The summed E-state index contributed by atoms with van der Waals surface area (Å²) in [5.41, 5.74) is 0. The lowest BCUT2D eigenvalue weighted by Gasteiger charge is -2.31. The van der Waals surface area contributed by atoms with E-state index in [9.17, 15) is 0 Å². The van der Waals surface area contributed by atoms with Gasteiger partial charge in [-0.1, -0.05) is 32.6 Å². The molecule has 2 heteroatoms. The molecular formula is C14H25NO. The highest BCUT2D eigenvalue weighted by Gasteiger charge is 2.18. The molecule has 2 nitrogen and oxygen atoms in total. The van der Waals surface area contributed by atoms with Crippen molar-refractivity contribution >= 4 is 0 Å². The van der Waals surface area contributed by atoms with Crippen molar-refractivity contribution in [3.8, 4) is 11.8 Å². The predicted octanol–water partition coefficient (Wildman–Crippen LogP) is 2.54. The Labute approximate surface area is 100 Å². The molecule has 0 N–H and O–H groups in total. The first-order valence-corrected chi connectivity index (χ1v) is 6.54. The van der Waals surface area contributed by atoms with Crippen LogP contribution in [0.2, 0.25) is 0 Å². The summed E-state index contributed by atoms with van der Waals surface area (Å²) in [4.78, 5) is 2.53. The van der Waals surface area contributed by atoms with E-state index in [1.54, 1.807) is 0 Å². The fraction of sp³-hybridized carbons (Fsp3) is 0.857. The summed E-state index contributed by atoms with van der Waals surface area (Å²) >= 11 is 0. The van der Waals surface area contributed by atoms with Gasteiger partial charge in [0.1, 0.15) is 6.61 Å². The van der Waals surface area contributed by atoms with Gasteiger partial charge in [-0.3, -0.25) is 0 Å². The van der Waals surface area contributed by atoms with Crippen LogP contribution in [-0.2, 0) is 4.74 Å². The summed E-state index contributed by atoms with van der Waals surface area (Å²) in [5, 5.41) is 0. The smallest absolute Gasteiger partial charge is 0.108 e. The largest absolute Gasteiger partial charge is 0.365 e. The molecule has 0 aromatic carbocycles. The van der Waals surface area contributed by atoms with Crippen molar-refractivity contribution < 1.29 is 4.74 Å². The summed E-state index contributed by atoms with van der Waals surface area (Å²) < 4.78 is 5.76. The standard InChI is InChI=1S/C14H25NO/c1-4-9-15-10-7-14(8-11-15)16-12-5-6-13(2)3/h13-14H,4,7-12H2,1-3H3. The second kappa shape index (κ2) is 7.70. The van der Waals surface area contributed by atoms with Gasteiger partial charge in [-0.05, 0) is 25.8 Å². The highest BCUT2D eigenvalue weighted by Crippen LogP contribution is 2.13. The lowest BCUT2D eigenvalue weighted by molar-refractivity contribution is 0.0246. The Kier molecular flexibility index (Phi) is 6.52. The van der Waals surface area contributed by atoms with Gasteiger partial charge in [-0.15, -0.1) is 0 Å². The number of likely N-dealkylation sites (tertiary alicyclic amines) is 1. The Morgan fingerprint density at radius 1 is 1.31 bits per heavy atom. The third-order valence-corrected chi connectivity index (χ3v) is 2.86. The van der Waals surface area contributed by atoms with Crippen LogP contribution < -0.4 is 0 Å². The van der Waals surface area contributed by atoms with Crippen LogP contribution in [0.4, 0.5) is 0 Å². The first-order valence-electron chi connectivity index (χ1n) is 6.54. The van der Waals surface area contributed by atoms with Crippen LogP contribution in [0.25, 0.3) is 0 Å². The molecule has 1 aliphatic heterocycles. The molecular weight excluding hydrogens is 198 g/mol. The first-order chi connectivity index (χ1) is 7.72. The van der Waals surface area contributed by atoms with Crippen molar-refractivity contribution in [1.29, 1.82) is 0 Å². The molecule has 1 aliphatic rings. The minimum Gasteiger partial charge on any atom is -0.365 e. The van der Waals surface area contributed by atoms with Crippen LogP contribution in [0.5, 0.6) is 0 Å². The maximum Gasteiger partial charge on any atom is 0.108 e. The minimum absolute atomic E-state index is 0.439. The first kappa shape index (κ1) is 13.5. The SMILES string of the molecule is CCCN1CCC(OCC#CC(C)C)CC1. The van der Waals surface area contributed by atoms with E-state index in [1.165, 1.54) is 38.9 Å². The van der Waals surface area contributed by atoms with Gasteiger partial charge in [0.25, 0.3) is 0 Å². The van der Waals surface area contributed by atoms with Crippen LogP contribution in [0, 0.1) is 17.8 Å². The molecule has 16 heavy (non-hydrogen) atoms. The lowest BCUT2D eigenvalue weighted by atomic mass is 10.1. The van der Waals surface area contributed by atoms with Crippen LogP contribution in [0.15, 0.2) is 0 Å². The second-order valence-electron chi connectivity index (χ2n) is 4.83. The zero-order chi connectivity index (χ0) is 11.8. The number of hydrogen-bond acceptors (Lipinski definition) is 2. The van der Waals surface area contributed by atoms with Crippen molar-refractivity contribution in [2.45, 2.75) is 46.1 Å². The Hall–Kier alpha value is -0.520. The average Bonchev–Trinajstić information content (AvgIpc) is 2.27. The highest BCUT2D eigenvalue weighted by molar-refractivity contribution is 5.01. The Morgan fingerprint density at radius 3 is 2.56 bits per heavy atom. The topological polar surface area (TPSA) is 12.5 Å². The summed E-state index contributed by atoms with van der Waals surface area (Å²) in [7, 11) is 0. The van der Waals surface area contributed by atoms with E-state index in [-0.39, 0.29) is 0 Å². The third-order valence-electron chi connectivity index (χ3n) is 2.86. The molecule has 92 valence electrons. The monoisotopic (exact) mass is 223 g/mol. The minimum atomic E-state index is 0.439. The van der Waals surface area contributed by atoms with E-state index in [2.05, 4.69) is 37.5 Å². The van der Waals surface area contributed by atoms with Crippen LogP contribution >= 0.6 is 0 Å². The van der Waals surface area contributed by atoms with Crippen molar-refractivity contribution in [2.75, 3.05) is 26.2 Å². The van der Waals surface area contributed by atoms with Crippen molar-refractivity contribution in [1.82, 2.24) is 4.90 Å². The summed E-state index contributed by atoms with van der Waals surface area (Å²) in [6.07, 6.45) is 4.03. The lowest BCUT2D eigenvalue weighted by Crippen LogP contribution is -2.37. The number of nitrogens with zero attached hydrogens (tertiary/aromatic N) is 1. The third kappa shape index (κ3) is 5.53. The van der Waals surface area contributed by atoms with Crippen molar-refractivity contribution in [2.24, 2.45) is 5.92 Å². The van der Waals surface area contributed by atoms with Gasteiger partial charge in [-0.25, -0.2) is 0 Å². The van der Waals surface area contributed by atoms with Crippen LogP contribution in [0.3, 0.4) is 0 Å². The molecule has 1 saturated heterocycles. The Balaban J connectivity index is 2.11. The Bertz CT molecular complexity index is 231. The summed E-state index contributed by atoms with van der Waals surface area (Å²) in [6.45, 7) is 10.7. The molecule has 0 amide bonds. The fourth-order valence-electron chi connectivity index (χ4n) is 2.02. The van der Waals surface area contributed by atoms with Gasteiger partial charge in [-0.2, -0.15) is 0 Å². The zero-order valence-corrected chi connectivity index (χ0v) is 11.0.